The Bertz CT molecular complexity index is 796. The summed E-state index contributed by atoms with van der Waals surface area (Å²) >= 11 is 0. The summed E-state index contributed by atoms with van der Waals surface area (Å²) in [7, 11) is 0. The fourth-order valence-corrected chi connectivity index (χ4v) is 6.72. The number of carbonyl (C=O) groups excluding carboxylic acids is 3. The van der Waals surface area contributed by atoms with E-state index < -0.39 is 6.10 Å². The zero-order chi connectivity index (χ0) is 38.3. The lowest BCUT2D eigenvalue weighted by atomic mass is 9.99. The third-order valence-corrected chi connectivity index (χ3v) is 10.6. The van der Waals surface area contributed by atoms with E-state index in [9.17, 15) is 14.4 Å². The van der Waals surface area contributed by atoms with Gasteiger partial charge >= 0.3 is 17.9 Å². The van der Waals surface area contributed by atoms with Crippen LogP contribution in [0.5, 0.6) is 0 Å². The normalized spacial score (nSPS) is 12.6. The molecule has 308 valence electrons. The highest BCUT2D eigenvalue weighted by atomic mass is 16.6. The second-order valence-corrected chi connectivity index (χ2v) is 16.4. The molecule has 0 aromatic heterocycles. The van der Waals surface area contributed by atoms with Crippen molar-refractivity contribution in [2.75, 3.05) is 13.2 Å². The van der Waals surface area contributed by atoms with Crippen LogP contribution in [0.4, 0.5) is 0 Å². The van der Waals surface area contributed by atoms with E-state index in [0.717, 1.165) is 69.6 Å². The Morgan fingerprint density at radius 2 is 0.731 bits per heavy atom. The molecule has 0 aliphatic heterocycles. The summed E-state index contributed by atoms with van der Waals surface area (Å²) in [6.45, 7) is 11.3. The number of esters is 3. The third-order valence-electron chi connectivity index (χ3n) is 10.6. The number of carbonyl (C=O) groups is 3. The third kappa shape index (κ3) is 38.1. The van der Waals surface area contributed by atoms with Crippen LogP contribution in [0.25, 0.3) is 0 Å². The number of hydrogen-bond donors (Lipinski definition) is 0. The summed E-state index contributed by atoms with van der Waals surface area (Å²) in [4.78, 5) is 37.7. The quantitative estimate of drug-likeness (QED) is 0.0354. The van der Waals surface area contributed by atoms with Crippen LogP contribution in [-0.4, -0.2) is 37.2 Å². The van der Waals surface area contributed by atoms with Gasteiger partial charge in [-0.15, -0.1) is 0 Å². The Kier molecular flexibility index (Phi) is 37.9. The molecular formula is C46H88O6. The summed E-state index contributed by atoms with van der Waals surface area (Å²) in [5.41, 5.74) is 0. The van der Waals surface area contributed by atoms with Crippen molar-refractivity contribution in [1.82, 2.24) is 0 Å². The molecule has 0 saturated carbocycles. The predicted octanol–water partition coefficient (Wildman–Crippen LogP) is 14.2. The van der Waals surface area contributed by atoms with Gasteiger partial charge < -0.3 is 14.2 Å². The van der Waals surface area contributed by atoms with Crippen molar-refractivity contribution in [1.29, 1.82) is 0 Å². The SMILES string of the molecule is CCCCCCCCCCCCCCCC(=O)OC[C@H](COC(=O)CCCCCCCCC(C)C)OC(=O)CCCCCCCCCCC(C)CC. The molecule has 0 heterocycles. The molecule has 0 aromatic rings. The van der Waals surface area contributed by atoms with Crippen molar-refractivity contribution in [3.05, 3.63) is 0 Å². The van der Waals surface area contributed by atoms with E-state index in [-0.39, 0.29) is 31.1 Å². The number of rotatable bonds is 40. The first kappa shape index (κ1) is 50.4. The van der Waals surface area contributed by atoms with Gasteiger partial charge in [-0.25, -0.2) is 0 Å². The second-order valence-electron chi connectivity index (χ2n) is 16.4. The van der Waals surface area contributed by atoms with Crippen LogP contribution in [0.1, 0.15) is 247 Å². The summed E-state index contributed by atoms with van der Waals surface area (Å²) in [5, 5.41) is 0. The minimum absolute atomic E-state index is 0.0658. The molecule has 0 amide bonds. The van der Waals surface area contributed by atoms with E-state index in [1.54, 1.807) is 0 Å². The fourth-order valence-electron chi connectivity index (χ4n) is 6.72. The highest BCUT2D eigenvalue weighted by Crippen LogP contribution is 2.17. The Balaban J connectivity index is 4.33. The molecular weight excluding hydrogens is 648 g/mol. The highest BCUT2D eigenvalue weighted by Gasteiger charge is 2.19. The minimum atomic E-state index is -0.761. The van der Waals surface area contributed by atoms with Crippen LogP contribution < -0.4 is 0 Å². The van der Waals surface area contributed by atoms with Gasteiger partial charge in [0.2, 0.25) is 0 Å². The molecule has 6 heteroatoms. The molecule has 0 aliphatic carbocycles. The van der Waals surface area contributed by atoms with Crippen LogP contribution in [0, 0.1) is 11.8 Å². The van der Waals surface area contributed by atoms with Crippen molar-refractivity contribution >= 4 is 17.9 Å². The molecule has 0 N–H and O–H groups in total. The van der Waals surface area contributed by atoms with E-state index in [4.69, 9.17) is 14.2 Å². The van der Waals surface area contributed by atoms with E-state index in [1.807, 2.05) is 0 Å². The van der Waals surface area contributed by atoms with Crippen molar-refractivity contribution in [2.24, 2.45) is 11.8 Å². The summed E-state index contributed by atoms with van der Waals surface area (Å²) < 4.78 is 16.7. The Labute approximate surface area is 323 Å². The zero-order valence-electron chi connectivity index (χ0n) is 35.4. The van der Waals surface area contributed by atoms with Crippen LogP contribution >= 0.6 is 0 Å². The standard InChI is InChI=1S/C46H88O6/c1-6-8-9-10-11-12-13-14-15-16-20-26-31-36-44(47)50-39-43(40-51-45(48)37-32-27-23-22-24-29-34-41(3)4)52-46(49)38-33-28-21-18-17-19-25-30-35-42(5)7-2/h41-43H,6-40H2,1-5H3/t42?,43-/m1/s1. The first-order valence-electron chi connectivity index (χ1n) is 22.8. The van der Waals surface area contributed by atoms with E-state index in [2.05, 4.69) is 34.6 Å². The van der Waals surface area contributed by atoms with E-state index in [1.165, 1.54) is 135 Å². The summed E-state index contributed by atoms with van der Waals surface area (Å²) in [6.07, 6.45) is 36.6. The average molecular weight is 737 g/mol. The lowest BCUT2D eigenvalue weighted by Gasteiger charge is -2.18. The molecule has 0 fully saturated rings. The smallest absolute Gasteiger partial charge is 0.306 e. The average Bonchev–Trinajstić information content (AvgIpc) is 3.12. The Hall–Kier alpha value is -1.59. The first-order valence-corrected chi connectivity index (χ1v) is 22.8. The van der Waals surface area contributed by atoms with Crippen molar-refractivity contribution < 1.29 is 28.6 Å². The van der Waals surface area contributed by atoms with Crippen LogP contribution in [0.3, 0.4) is 0 Å². The van der Waals surface area contributed by atoms with Gasteiger partial charge in [0, 0.05) is 19.3 Å². The van der Waals surface area contributed by atoms with Gasteiger partial charge in [-0.1, -0.05) is 208 Å². The largest absolute Gasteiger partial charge is 0.462 e. The number of unbranched alkanes of at least 4 members (excludes halogenated alkanes) is 24. The molecule has 0 aliphatic rings. The molecule has 52 heavy (non-hydrogen) atoms. The molecule has 0 aromatic carbocycles. The van der Waals surface area contributed by atoms with E-state index >= 15 is 0 Å². The second kappa shape index (κ2) is 39.1. The maximum absolute atomic E-state index is 12.7. The maximum atomic E-state index is 12.7. The van der Waals surface area contributed by atoms with Crippen molar-refractivity contribution in [3.8, 4) is 0 Å². The van der Waals surface area contributed by atoms with Crippen LogP contribution in [-0.2, 0) is 28.6 Å². The predicted molar refractivity (Wildman–Crippen MR) is 220 cm³/mol. The highest BCUT2D eigenvalue weighted by molar-refractivity contribution is 5.71. The van der Waals surface area contributed by atoms with Gasteiger partial charge in [-0.3, -0.25) is 14.4 Å². The minimum Gasteiger partial charge on any atom is -0.462 e. The molecule has 0 saturated heterocycles. The van der Waals surface area contributed by atoms with E-state index in [0.29, 0.717) is 19.3 Å². The van der Waals surface area contributed by atoms with Gasteiger partial charge in [-0.2, -0.15) is 0 Å². The number of ether oxygens (including phenoxy) is 3. The van der Waals surface area contributed by atoms with Gasteiger partial charge in [0.1, 0.15) is 13.2 Å². The molecule has 0 bridgehead atoms. The fraction of sp³-hybridized carbons (Fsp3) is 0.935. The summed E-state index contributed by atoms with van der Waals surface area (Å²) in [5.74, 6) is 0.745. The summed E-state index contributed by atoms with van der Waals surface area (Å²) in [6, 6.07) is 0. The molecule has 1 unspecified atom stereocenters. The molecule has 0 rings (SSSR count). The van der Waals surface area contributed by atoms with Crippen molar-refractivity contribution in [2.45, 2.75) is 253 Å². The Morgan fingerprint density at radius 3 is 1.10 bits per heavy atom. The molecule has 0 radical (unpaired) electrons. The van der Waals surface area contributed by atoms with Gasteiger partial charge in [0.15, 0.2) is 6.10 Å². The first-order chi connectivity index (χ1) is 25.3. The Morgan fingerprint density at radius 1 is 0.404 bits per heavy atom. The topological polar surface area (TPSA) is 78.9 Å². The van der Waals surface area contributed by atoms with Crippen LogP contribution in [0.2, 0.25) is 0 Å². The number of hydrogen-bond acceptors (Lipinski definition) is 6. The van der Waals surface area contributed by atoms with Gasteiger partial charge in [0.05, 0.1) is 0 Å². The molecule has 6 nitrogen and oxygen atoms in total. The molecule has 0 spiro atoms. The lowest BCUT2D eigenvalue weighted by Crippen LogP contribution is -2.30. The van der Waals surface area contributed by atoms with Gasteiger partial charge in [0.25, 0.3) is 0 Å². The van der Waals surface area contributed by atoms with Gasteiger partial charge in [-0.05, 0) is 31.1 Å². The zero-order valence-corrected chi connectivity index (χ0v) is 35.4. The lowest BCUT2D eigenvalue weighted by molar-refractivity contribution is -0.167. The maximum Gasteiger partial charge on any atom is 0.306 e. The monoisotopic (exact) mass is 737 g/mol. The van der Waals surface area contributed by atoms with Crippen molar-refractivity contribution in [3.63, 3.8) is 0 Å². The van der Waals surface area contributed by atoms with Crippen LogP contribution in [0.15, 0.2) is 0 Å². The molecule has 2 atom stereocenters.